The lowest BCUT2D eigenvalue weighted by Crippen LogP contribution is -2.52. The Hall–Kier alpha value is -3.62. The van der Waals surface area contributed by atoms with Gasteiger partial charge in [0.05, 0.1) is 5.69 Å². The summed E-state index contributed by atoms with van der Waals surface area (Å²) in [7, 11) is 0. The number of halogens is 1. The van der Waals surface area contributed by atoms with E-state index in [0.717, 1.165) is 0 Å². The molecule has 9 heteroatoms. The second-order valence-electron chi connectivity index (χ2n) is 8.40. The molecule has 0 atom stereocenters. The van der Waals surface area contributed by atoms with Crippen LogP contribution in [-0.2, 0) is 4.74 Å². The Morgan fingerprint density at radius 1 is 0.875 bits per heavy atom. The van der Waals surface area contributed by atoms with Crippen LogP contribution in [0.3, 0.4) is 0 Å². The lowest BCUT2D eigenvalue weighted by atomic mass is 10.2. The summed E-state index contributed by atoms with van der Waals surface area (Å²) in [4.78, 5) is 40.2. The molecule has 3 rings (SSSR count). The summed E-state index contributed by atoms with van der Waals surface area (Å²) in [6, 6.07) is 11.9. The van der Waals surface area contributed by atoms with Crippen LogP contribution >= 0.6 is 0 Å². The van der Waals surface area contributed by atoms with Crippen LogP contribution in [0.15, 0.2) is 48.5 Å². The van der Waals surface area contributed by atoms with E-state index in [1.807, 2.05) is 20.8 Å². The first-order chi connectivity index (χ1) is 15.1. The number of rotatable bonds is 3. The Morgan fingerprint density at radius 2 is 1.47 bits per heavy atom. The van der Waals surface area contributed by atoms with Crippen LogP contribution in [0.4, 0.5) is 25.4 Å². The van der Waals surface area contributed by atoms with Crippen molar-refractivity contribution in [2.24, 2.45) is 0 Å². The second kappa shape index (κ2) is 9.67. The van der Waals surface area contributed by atoms with Gasteiger partial charge in [0, 0.05) is 37.4 Å². The number of hydrogen-bond donors (Lipinski definition) is 2. The molecule has 0 spiro atoms. The summed E-state index contributed by atoms with van der Waals surface area (Å²) in [6.07, 6.45) is -0.387. The predicted octanol–water partition coefficient (Wildman–Crippen LogP) is 4.16. The minimum atomic E-state index is -0.566. The zero-order valence-corrected chi connectivity index (χ0v) is 18.4. The highest BCUT2D eigenvalue weighted by Crippen LogP contribution is 2.17. The van der Waals surface area contributed by atoms with Gasteiger partial charge < -0.3 is 25.2 Å². The van der Waals surface area contributed by atoms with E-state index < -0.39 is 17.3 Å². The quantitative estimate of drug-likeness (QED) is 0.747. The summed E-state index contributed by atoms with van der Waals surface area (Å²) < 4.78 is 19.1. The molecule has 0 unspecified atom stereocenters. The molecule has 1 heterocycles. The van der Waals surface area contributed by atoms with Crippen LogP contribution < -0.4 is 10.6 Å². The molecule has 170 valence electrons. The maximum Gasteiger partial charge on any atom is 0.410 e. The number of benzene rings is 2. The summed E-state index contributed by atoms with van der Waals surface area (Å²) in [5, 5.41) is 5.29. The van der Waals surface area contributed by atoms with Crippen molar-refractivity contribution in [3.63, 3.8) is 0 Å². The molecule has 0 bridgehead atoms. The Bertz CT molecular complexity index is 980. The normalized spacial score (nSPS) is 14.0. The van der Waals surface area contributed by atoms with Gasteiger partial charge >= 0.3 is 12.1 Å². The summed E-state index contributed by atoms with van der Waals surface area (Å²) in [5.74, 6) is -0.970. The van der Waals surface area contributed by atoms with E-state index in [2.05, 4.69) is 10.6 Å². The first-order valence-electron chi connectivity index (χ1n) is 10.3. The number of nitrogens with zero attached hydrogens (tertiary/aromatic N) is 2. The molecule has 1 aliphatic heterocycles. The van der Waals surface area contributed by atoms with Crippen LogP contribution in [0.5, 0.6) is 0 Å². The van der Waals surface area contributed by atoms with Crippen LogP contribution in [-0.4, -0.2) is 59.6 Å². The van der Waals surface area contributed by atoms with E-state index in [-0.39, 0.29) is 17.8 Å². The first-order valence-corrected chi connectivity index (χ1v) is 10.3. The molecule has 1 fully saturated rings. The van der Waals surface area contributed by atoms with Crippen LogP contribution in [0, 0.1) is 5.82 Å². The number of amides is 4. The number of para-hydroxylation sites is 1. The highest BCUT2D eigenvalue weighted by Gasteiger charge is 2.27. The SMILES string of the molecule is CC(C)(C)OC(=O)N1CCN(C(=O)Nc2ccc(C(=O)Nc3ccccc3F)cc2)CC1. The molecule has 0 radical (unpaired) electrons. The molecule has 0 aromatic heterocycles. The zero-order valence-electron chi connectivity index (χ0n) is 18.4. The molecule has 8 nitrogen and oxygen atoms in total. The van der Waals surface area contributed by atoms with Crippen LogP contribution in [0.2, 0.25) is 0 Å². The summed E-state index contributed by atoms with van der Waals surface area (Å²) in [6.45, 7) is 6.97. The van der Waals surface area contributed by atoms with Gasteiger partial charge in [-0.05, 0) is 57.2 Å². The van der Waals surface area contributed by atoms with Crippen molar-refractivity contribution >= 4 is 29.4 Å². The fraction of sp³-hybridized carbons (Fsp3) is 0.348. The number of piperazine rings is 1. The van der Waals surface area contributed by atoms with Gasteiger partial charge in [-0.2, -0.15) is 0 Å². The lowest BCUT2D eigenvalue weighted by molar-refractivity contribution is 0.0174. The number of hydrogen-bond acceptors (Lipinski definition) is 4. The van der Waals surface area contributed by atoms with Gasteiger partial charge in [0.1, 0.15) is 11.4 Å². The van der Waals surface area contributed by atoms with E-state index in [4.69, 9.17) is 4.74 Å². The molecule has 32 heavy (non-hydrogen) atoms. The molecule has 2 N–H and O–H groups in total. The summed E-state index contributed by atoms with van der Waals surface area (Å²) in [5.41, 5.74) is 0.383. The number of urea groups is 1. The van der Waals surface area contributed by atoms with Gasteiger partial charge in [0.15, 0.2) is 0 Å². The van der Waals surface area contributed by atoms with Crippen molar-refractivity contribution in [2.75, 3.05) is 36.8 Å². The van der Waals surface area contributed by atoms with Crippen molar-refractivity contribution < 1.29 is 23.5 Å². The second-order valence-corrected chi connectivity index (χ2v) is 8.40. The van der Waals surface area contributed by atoms with Crippen molar-refractivity contribution in [3.8, 4) is 0 Å². The largest absolute Gasteiger partial charge is 0.444 e. The van der Waals surface area contributed by atoms with E-state index in [0.29, 0.717) is 37.4 Å². The molecular weight excluding hydrogens is 415 g/mol. The van der Waals surface area contributed by atoms with Gasteiger partial charge in [-0.1, -0.05) is 12.1 Å². The van der Waals surface area contributed by atoms with E-state index in [9.17, 15) is 18.8 Å². The maximum absolute atomic E-state index is 13.7. The van der Waals surface area contributed by atoms with E-state index in [1.165, 1.54) is 12.1 Å². The number of nitrogens with one attached hydrogen (secondary N) is 2. The number of ether oxygens (including phenoxy) is 1. The summed E-state index contributed by atoms with van der Waals surface area (Å²) >= 11 is 0. The average Bonchev–Trinajstić information content (AvgIpc) is 2.74. The topological polar surface area (TPSA) is 91.0 Å². The van der Waals surface area contributed by atoms with E-state index in [1.54, 1.807) is 46.2 Å². The Morgan fingerprint density at radius 3 is 2.06 bits per heavy atom. The Kier molecular flexibility index (Phi) is 6.97. The van der Waals surface area contributed by atoms with Gasteiger partial charge in [-0.15, -0.1) is 0 Å². The Labute approximate surface area is 186 Å². The van der Waals surface area contributed by atoms with Crippen LogP contribution in [0.1, 0.15) is 31.1 Å². The zero-order chi connectivity index (χ0) is 23.3. The third kappa shape index (κ3) is 6.19. The Balaban J connectivity index is 1.50. The fourth-order valence-electron chi connectivity index (χ4n) is 3.08. The maximum atomic E-state index is 13.7. The highest BCUT2D eigenvalue weighted by molar-refractivity contribution is 6.04. The minimum Gasteiger partial charge on any atom is -0.444 e. The monoisotopic (exact) mass is 442 g/mol. The highest BCUT2D eigenvalue weighted by atomic mass is 19.1. The third-order valence-corrected chi connectivity index (χ3v) is 4.74. The van der Waals surface area contributed by atoms with Gasteiger partial charge in [0.2, 0.25) is 0 Å². The molecule has 2 aromatic carbocycles. The number of carbonyl (C=O) groups excluding carboxylic acids is 3. The van der Waals surface area contributed by atoms with Gasteiger partial charge in [-0.3, -0.25) is 4.79 Å². The van der Waals surface area contributed by atoms with Gasteiger partial charge in [0.25, 0.3) is 5.91 Å². The van der Waals surface area contributed by atoms with Crippen molar-refractivity contribution in [1.82, 2.24) is 9.80 Å². The van der Waals surface area contributed by atoms with E-state index >= 15 is 0 Å². The van der Waals surface area contributed by atoms with Crippen molar-refractivity contribution in [2.45, 2.75) is 26.4 Å². The molecule has 1 aliphatic rings. The number of carbonyl (C=O) groups is 3. The molecule has 4 amide bonds. The molecule has 0 aliphatic carbocycles. The minimum absolute atomic E-state index is 0.0976. The lowest BCUT2D eigenvalue weighted by Gasteiger charge is -2.35. The molecular formula is C23H27FN4O4. The number of anilines is 2. The predicted molar refractivity (Wildman–Crippen MR) is 119 cm³/mol. The van der Waals surface area contributed by atoms with Gasteiger partial charge in [-0.25, -0.2) is 14.0 Å². The average molecular weight is 442 g/mol. The smallest absolute Gasteiger partial charge is 0.410 e. The fourth-order valence-corrected chi connectivity index (χ4v) is 3.08. The van der Waals surface area contributed by atoms with Crippen LogP contribution in [0.25, 0.3) is 0 Å². The molecule has 1 saturated heterocycles. The standard InChI is InChI=1S/C23H27FN4O4/c1-23(2,3)32-22(31)28-14-12-27(13-15-28)21(30)25-17-10-8-16(9-11-17)20(29)26-19-7-5-4-6-18(19)24/h4-11H,12-15H2,1-3H3,(H,25,30)(H,26,29). The third-order valence-electron chi connectivity index (χ3n) is 4.74. The van der Waals surface area contributed by atoms with Crippen molar-refractivity contribution in [1.29, 1.82) is 0 Å². The first kappa shape index (κ1) is 23.1. The molecule has 0 saturated carbocycles. The molecule has 2 aromatic rings. The van der Waals surface area contributed by atoms with Crippen molar-refractivity contribution in [3.05, 3.63) is 59.9 Å².